The van der Waals surface area contributed by atoms with Crippen molar-refractivity contribution in [3.8, 4) is 6.07 Å². The normalized spacial score (nSPS) is 19.1. The Balaban J connectivity index is 2.40. The first-order chi connectivity index (χ1) is 10.9. The number of sulfonamides is 1. The highest BCUT2D eigenvalue weighted by Crippen LogP contribution is 2.27. The molecule has 1 fully saturated rings. The number of hydrogen-bond donors (Lipinski definition) is 0. The molecule has 23 heavy (non-hydrogen) atoms. The van der Waals surface area contributed by atoms with Gasteiger partial charge in [0.15, 0.2) is 0 Å². The molecule has 1 unspecified atom stereocenters. The van der Waals surface area contributed by atoms with Gasteiger partial charge in [-0.25, -0.2) is 12.8 Å². The molecule has 0 N–H and O–H groups in total. The van der Waals surface area contributed by atoms with Gasteiger partial charge in [0.05, 0.1) is 17.1 Å². The zero-order valence-corrected chi connectivity index (χ0v) is 13.5. The quantitative estimate of drug-likeness (QED) is 0.780. The van der Waals surface area contributed by atoms with E-state index in [0.717, 1.165) is 28.9 Å². The van der Waals surface area contributed by atoms with Crippen LogP contribution < -0.4 is 0 Å². The van der Waals surface area contributed by atoms with E-state index >= 15 is 0 Å². The predicted octanol–water partition coefficient (Wildman–Crippen LogP) is 1.80. The molecule has 1 aromatic rings. The average Bonchev–Trinajstić information content (AvgIpc) is 2.55. The van der Waals surface area contributed by atoms with E-state index in [1.165, 1.54) is 0 Å². The summed E-state index contributed by atoms with van der Waals surface area (Å²) >= 11 is 0. The van der Waals surface area contributed by atoms with Gasteiger partial charge in [0.25, 0.3) is 0 Å². The number of hydrogen-bond acceptors (Lipinski definition) is 5. The maximum absolute atomic E-state index is 13.4. The lowest BCUT2D eigenvalue weighted by Gasteiger charge is -2.32. The summed E-state index contributed by atoms with van der Waals surface area (Å²) in [5, 5.41) is 8.86. The lowest BCUT2D eigenvalue weighted by molar-refractivity contribution is -0.148. The van der Waals surface area contributed by atoms with Gasteiger partial charge in [-0.15, -0.1) is 0 Å². The third kappa shape index (κ3) is 3.51. The maximum Gasteiger partial charge on any atom is 0.324 e. The highest BCUT2D eigenvalue weighted by atomic mass is 32.2. The molecule has 124 valence electrons. The molecule has 0 bridgehead atoms. The largest absolute Gasteiger partial charge is 0.465 e. The molecule has 1 heterocycles. The lowest BCUT2D eigenvalue weighted by atomic mass is 10.1. The van der Waals surface area contributed by atoms with Crippen LogP contribution in [-0.2, 0) is 19.6 Å². The molecule has 0 aromatic heterocycles. The molecule has 0 amide bonds. The van der Waals surface area contributed by atoms with Crippen molar-refractivity contribution in [3.63, 3.8) is 0 Å². The molecule has 1 aliphatic rings. The van der Waals surface area contributed by atoms with Gasteiger partial charge in [-0.1, -0.05) is 0 Å². The van der Waals surface area contributed by atoms with Crippen molar-refractivity contribution in [2.45, 2.75) is 37.1 Å². The molecule has 1 atom stereocenters. The molecule has 0 spiro atoms. The van der Waals surface area contributed by atoms with Crippen LogP contribution >= 0.6 is 0 Å². The van der Waals surface area contributed by atoms with Crippen molar-refractivity contribution in [2.24, 2.45) is 0 Å². The summed E-state index contributed by atoms with van der Waals surface area (Å²) in [6.45, 7) is 2.00. The zero-order chi connectivity index (χ0) is 17.0. The number of carbonyl (C=O) groups excluding carboxylic acids is 1. The Hall–Kier alpha value is -1.98. The van der Waals surface area contributed by atoms with E-state index in [1.807, 2.05) is 0 Å². The Morgan fingerprint density at radius 1 is 1.48 bits per heavy atom. The Morgan fingerprint density at radius 3 is 2.87 bits per heavy atom. The van der Waals surface area contributed by atoms with Gasteiger partial charge < -0.3 is 4.74 Å². The standard InChI is InChI=1S/C15H17FN2O4S/c1-2-22-15(19)14-5-3-4-8-18(14)23(20,21)12-6-7-13(16)11(9-12)10-17/h6-7,9,14H,2-5,8H2,1H3. The van der Waals surface area contributed by atoms with E-state index in [-0.39, 0.29) is 23.6 Å². The Labute approximate surface area is 134 Å². The Bertz CT molecular complexity index is 742. The molecule has 8 heteroatoms. The Kier molecular flexibility index (Phi) is 5.34. The maximum atomic E-state index is 13.4. The summed E-state index contributed by atoms with van der Waals surface area (Å²) in [6.07, 6.45) is 1.73. The number of carbonyl (C=O) groups is 1. The highest BCUT2D eigenvalue weighted by Gasteiger charge is 2.38. The molecule has 1 aliphatic heterocycles. The molecular formula is C15H17FN2O4S. The van der Waals surface area contributed by atoms with Gasteiger partial charge in [-0.05, 0) is 44.4 Å². The van der Waals surface area contributed by atoms with E-state index in [4.69, 9.17) is 10.00 Å². The van der Waals surface area contributed by atoms with Crippen LogP contribution in [-0.4, -0.2) is 37.9 Å². The van der Waals surface area contributed by atoms with Gasteiger partial charge in [-0.3, -0.25) is 4.79 Å². The fraction of sp³-hybridized carbons (Fsp3) is 0.467. The summed E-state index contributed by atoms with van der Waals surface area (Å²) in [6, 6.07) is 3.76. The van der Waals surface area contributed by atoms with Crippen molar-refractivity contribution >= 4 is 16.0 Å². The minimum absolute atomic E-state index is 0.165. The van der Waals surface area contributed by atoms with Gasteiger partial charge in [0.2, 0.25) is 10.0 Å². The highest BCUT2D eigenvalue weighted by molar-refractivity contribution is 7.89. The number of nitrogens with zero attached hydrogens (tertiary/aromatic N) is 2. The van der Waals surface area contributed by atoms with Crippen LogP contribution in [0.15, 0.2) is 23.1 Å². The molecule has 1 aromatic carbocycles. The van der Waals surface area contributed by atoms with Crippen LogP contribution in [0, 0.1) is 17.1 Å². The monoisotopic (exact) mass is 340 g/mol. The van der Waals surface area contributed by atoms with Crippen molar-refractivity contribution in [2.75, 3.05) is 13.2 Å². The number of halogens is 1. The zero-order valence-electron chi connectivity index (χ0n) is 12.7. The first-order valence-electron chi connectivity index (χ1n) is 7.30. The van der Waals surface area contributed by atoms with Crippen molar-refractivity contribution < 1.29 is 22.3 Å². The third-order valence-electron chi connectivity index (χ3n) is 3.68. The summed E-state index contributed by atoms with van der Waals surface area (Å²) < 4.78 is 45.0. The molecule has 6 nitrogen and oxygen atoms in total. The predicted molar refractivity (Wildman–Crippen MR) is 79.3 cm³/mol. The molecular weight excluding hydrogens is 323 g/mol. The number of rotatable bonds is 4. The van der Waals surface area contributed by atoms with E-state index in [9.17, 15) is 17.6 Å². The molecule has 0 saturated carbocycles. The summed E-state index contributed by atoms with van der Waals surface area (Å²) in [5.41, 5.74) is -0.351. The second-order valence-electron chi connectivity index (χ2n) is 5.13. The number of benzene rings is 1. The van der Waals surface area contributed by atoms with Crippen LogP contribution in [0.5, 0.6) is 0 Å². The molecule has 0 aliphatic carbocycles. The lowest BCUT2D eigenvalue weighted by Crippen LogP contribution is -2.48. The fourth-order valence-corrected chi connectivity index (χ4v) is 4.23. The summed E-state index contributed by atoms with van der Waals surface area (Å²) in [7, 11) is -4.01. The van der Waals surface area contributed by atoms with Gasteiger partial charge in [0.1, 0.15) is 17.9 Å². The second-order valence-corrected chi connectivity index (χ2v) is 7.02. The van der Waals surface area contributed by atoms with Crippen molar-refractivity contribution in [3.05, 3.63) is 29.6 Å². The second kappa shape index (κ2) is 7.06. The number of esters is 1. The van der Waals surface area contributed by atoms with E-state index in [2.05, 4.69) is 0 Å². The van der Waals surface area contributed by atoms with Gasteiger partial charge in [-0.2, -0.15) is 9.57 Å². The fourth-order valence-electron chi connectivity index (χ4n) is 2.55. The minimum atomic E-state index is -4.01. The average molecular weight is 340 g/mol. The van der Waals surface area contributed by atoms with Crippen molar-refractivity contribution in [1.29, 1.82) is 5.26 Å². The van der Waals surface area contributed by atoms with Gasteiger partial charge in [0, 0.05) is 6.54 Å². The number of ether oxygens (including phenoxy) is 1. The van der Waals surface area contributed by atoms with Gasteiger partial charge >= 0.3 is 5.97 Å². The first kappa shape index (κ1) is 17.4. The SMILES string of the molecule is CCOC(=O)C1CCCCN1S(=O)(=O)c1ccc(F)c(C#N)c1. The summed E-state index contributed by atoms with van der Waals surface area (Å²) in [5.74, 6) is -1.37. The van der Waals surface area contributed by atoms with E-state index in [0.29, 0.717) is 12.8 Å². The smallest absolute Gasteiger partial charge is 0.324 e. The van der Waals surface area contributed by atoms with Crippen LogP contribution in [0.3, 0.4) is 0 Å². The molecule has 2 rings (SSSR count). The summed E-state index contributed by atoms with van der Waals surface area (Å²) in [4.78, 5) is 11.8. The third-order valence-corrected chi connectivity index (χ3v) is 5.58. The number of piperidine rings is 1. The van der Waals surface area contributed by atoms with E-state index < -0.39 is 27.9 Å². The molecule has 1 saturated heterocycles. The van der Waals surface area contributed by atoms with Crippen LogP contribution in [0.1, 0.15) is 31.7 Å². The van der Waals surface area contributed by atoms with E-state index in [1.54, 1.807) is 13.0 Å². The number of nitriles is 1. The molecule has 0 radical (unpaired) electrons. The van der Waals surface area contributed by atoms with Crippen LogP contribution in [0.25, 0.3) is 0 Å². The minimum Gasteiger partial charge on any atom is -0.465 e. The van der Waals surface area contributed by atoms with Crippen LogP contribution in [0.2, 0.25) is 0 Å². The Morgan fingerprint density at radius 2 is 2.22 bits per heavy atom. The van der Waals surface area contributed by atoms with Crippen LogP contribution in [0.4, 0.5) is 4.39 Å². The topological polar surface area (TPSA) is 87.5 Å². The first-order valence-corrected chi connectivity index (χ1v) is 8.74. The van der Waals surface area contributed by atoms with Crippen molar-refractivity contribution in [1.82, 2.24) is 4.31 Å².